The molecule has 0 fully saturated rings. The van der Waals surface area contributed by atoms with E-state index in [0.717, 1.165) is 17.3 Å². The topological polar surface area (TPSA) is 25.9 Å². The lowest BCUT2D eigenvalue weighted by Crippen LogP contribution is -3.00. The Hall–Kier alpha value is -1.94. The van der Waals surface area contributed by atoms with E-state index >= 15 is 0 Å². The van der Waals surface area contributed by atoms with Gasteiger partial charge in [-0.25, -0.2) is 4.57 Å². The predicted octanol–water partition coefficient (Wildman–Crippen LogP) is -1.12. The molecule has 0 spiro atoms. The summed E-state index contributed by atoms with van der Waals surface area (Å²) in [5.41, 5.74) is 1.29. The minimum absolute atomic E-state index is 0. The molecule has 0 aliphatic carbocycles. The summed E-state index contributed by atoms with van der Waals surface area (Å²) in [6.45, 7) is 0.811. The molecule has 2 aromatic heterocycles. The Morgan fingerprint density at radius 1 is 1.10 bits per heavy atom. The molecule has 0 N–H and O–H groups in total. The van der Waals surface area contributed by atoms with E-state index in [-0.39, 0.29) is 22.5 Å². The summed E-state index contributed by atoms with van der Waals surface area (Å²) >= 11 is 0. The number of hydrogen-bond donors (Lipinski definition) is 0. The molecule has 1 aromatic carbocycles. The fourth-order valence-corrected chi connectivity index (χ4v) is 2.23. The Morgan fingerprint density at radius 2 is 1.85 bits per heavy atom. The van der Waals surface area contributed by atoms with Crippen molar-refractivity contribution in [2.75, 3.05) is 0 Å². The first-order valence-corrected chi connectivity index (χ1v) is 6.26. The molecular formula is C16H15BrN2O. The highest BCUT2D eigenvalue weighted by molar-refractivity contribution is 5.79. The number of halogens is 1. The van der Waals surface area contributed by atoms with Gasteiger partial charge in [0.2, 0.25) is 0 Å². The molecule has 20 heavy (non-hydrogen) atoms. The number of hydrogen-bond acceptors (Lipinski definition) is 1. The van der Waals surface area contributed by atoms with Gasteiger partial charge in [0.05, 0.1) is 10.8 Å². The van der Waals surface area contributed by atoms with E-state index in [9.17, 15) is 4.79 Å². The van der Waals surface area contributed by atoms with Gasteiger partial charge in [0.15, 0.2) is 18.9 Å². The van der Waals surface area contributed by atoms with Gasteiger partial charge in [-0.05, 0) is 6.07 Å². The van der Waals surface area contributed by atoms with Crippen LogP contribution in [0.5, 0.6) is 0 Å². The fraction of sp³-hybridized carbons (Fsp3) is 0.125. The zero-order valence-corrected chi connectivity index (χ0v) is 12.7. The Balaban J connectivity index is 0.00000147. The van der Waals surface area contributed by atoms with Crippen LogP contribution in [0.25, 0.3) is 10.8 Å². The van der Waals surface area contributed by atoms with E-state index in [1.807, 2.05) is 42.7 Å². The monoisotopic (exact) mass is 330 g/mol. The van der Waals surface area contributed by atoms with E-state index in [4.69, 9.17) is 0 Å². The highest BCUT2D eigenvalue weighted by atomic mass is 79.9. The van der Waals surface area contributed by atoms with Crippen LogP contribution in [-0.2, 0) is 13.6 Å². The van der Waals surface area contributed by atoms with Crippen LogP contribution in [0, 0.1) is 0 Å². The number of benzene rings is 1. The Kier molecular flexibility index (Phi) is 4.35. The molecule has 3 nitrogen and oxygen atoms in total. The molecule has 3 rings (SSSR count). The molecule has 0 amide bonds. The molecule has 3 aromatic rings. The predicted molar refractivity (Wildman–Crippen MR) is 74.9 cm³/mol. The van der Waals surface area contributed by atoms with Gasteiger partial charge in [-0.15, -0.1) is 0 Å². The lowest BCUT2D eigenvalue weighted by atomic mass is 10.2. The molecular weight excluding hydrogens is 316 g/mol. The average Bonchev–Trinajstić information content (AvgIpc) is 2.44. The molecule has 0 saturated carbocycles. The normalized spacial score (nSPS) is 10.2. The van der Waals surface area contributed by atoms with Crippen molar-refractivity contribution in [1.29, 1.82) is 0 Å². The van der Waals surface area contributed by atoms with Crippen molar-refractivity contribution in [2.45, 2.75) is 6.54 Å². The fourth-order valence-electron chi connectivity index (χ4n) is 2.23. The second-order valence-electron chi connectivity index (χ2n) is 4.70. The zero-order chi connectivity index (χ0) is 13.2. The largest absolute Gasteiger partial charge is 1.00 e. The van der Waals surface area contributed by atoms with Crippen LogP contribution < -0.4 is 27.1 Å². The van der Waals surface area contributed by atoms with Crippen LogP contribution in [0.15, 0.2) is 65.8 Å². The summed E-state index contributed by atoms with van der Waals surface area (Å²) in [5.74, 6) is 0. The number of pyridine rings is 2. The summed E-state index contributed by atoms with van der Waals surface area (Å²) in [4.78, 5) is 12.0. The number of aromatic nitrogens is 2. The zero-order valence-electron chi connectivity index (χ0n) is 11.2. The molecule has 0 bridgehead atoms. The van der Waals surface area contributed by atoms with Gasteiger partial charge in [-0.2, -0.15) is 0 Å². The van der Waals surface area contributed by atoms with Crippen LogP contribution in [0.1, 0.15) is 5.56 Å². The summed E-state index contributed by atoms with van der Waals surface area (Å²) in [6, 6.07) is 14.1. The third-order valence-corrected chi connectivity index (χ3v) is 3.29. The van der Waals surface area contributed by atoms with Crippen LogP contribution in [0.4, 0.5) is 0 Å². The summed E-state index contributed by atoms with van der Waals surface area (Å²) in [5, 5.41) is 1.73. The highest BCUT2D eigenvalue weighted by Gasteiger charge is 2.07. The average molecular weight is 331 g/mol. The van der Waals surface area contributed by atoms with Gasteiger partial charge in [0.25, 0.3) is 5.56 Å². The smallest absolute Gasteiger partial charge is 0.258 e. The third-order valence-electron chi connectivity index (χ3n) is 3.29. The molecule has 4 heteroatoms. The van der Waals surface area contributed by atoms with Crippen LogP contribution in [0.2, 0.25) is 0 Å². The van der Waals surface area contributed by atoms with E-state index in [1.54, 1.807) is 17.8 Å². The van der Waals surface area contributed by atoms with Crippen LogP contribution >= 0.6 is 0 Å². The molecule has 0 aliphatic rings. The van der Waals surface area contributed by atoms with Gasteiger partial charge in [-0.3, -0.25) is 4.79 Å². The molecule has 0 radical (unpaired) electrons. The Labute approximate surface area is 127 Å². The number of fused-ring (bicyclic) bond motifs is 1. The first-order chi connectivity index (χ1) is 9.24. The van der Waals surface area contributed by atoms with Crippen molar-refractivity contribution in [3.05, 3.63) is 77.0 Å². The first kappa shape index (κ1) is 14.5. The van der Waals surface area contributed by atoms with E-state index in [2.05, 4.69) is 16.7 Å². The van der Waals surface area contributed by atoms with E-state index < -0.39 is 0 Å². The van der Waals surface area contributed by atoms with Crippen LogP contribution in [0.3, 0.4) is 0 Å². The lowest BCUT2D eigenvalue weighted by molar-refractivity contribution is -0.687. The van der Waals surface area contributed by atoms with Gasteiger partial charge in [-0.1, -0.05) is 30.3 Å². The molecule has 2 heterocycles. The van der Waals surface area contributed by atoms with Crippen molar-refractivity contribution in [2.24, 2.45) is 7.05 Å². The molecule has 0 aliphatic heterocycles. The minimum Gasteiger partial charge on any atom is -1.00 e. The van der Waals surface area contributed by atoms with Gasteiger partial charge >= 0.3 is 0 Å². The summed E-state index contributed by atoms with van der Waals surface area (Å²) in [7, 11) is 1.77. The van der Waals surface area contributed by atoms with E-state index in [0.29, 0.717) is 0 Å². The molecule has 102 valence electrons. The van der Waals surface area contributed by atoms with Crippen molar-refractivity contribution in [3.8, 4) is 0 Å². The molecule has 0 saturated heterocycles. The maximum absolute atomic E-state index is 12.0. The lowest BCUT2D eigenvalue weighted by Gasteiger charge is -2.01. The minimum atomic E-state index is 0. The standard InChI is InChI=1S/C16H15N2O.BrH/c1-17-9-7-14-12-18(10-8-15(14)16(17)19)11-13-5-3-2-4-6-13;/h2-10,12H,11H2,1H3;1H/q+1;/p-1. The third kappa shape index (κ3) is 2.80. The Bertz CT molecular complexity index is 781. The molecule has 0 atom stereocenters. The Morgan fingerprint density at radius 3 is 2.60 bits per heavy atom. The van der Waals surface area contributed by atoms with Crippen molar-refractivity contribution in [1.82, 2.24) is 4.57 Å². The SMILES string of the molecule is Cn1ccc2c[n+](Cc3ccccc3)ccc2c1=O.[Br-]. The van der Waals surface area contributed by atoms with Crippen molar-refractivity contribution >= 4 is 10.8 Å². The number of nitrogens with zero attached hydrogens (tertiary/aromatic N) is 2. The summed E-state index contributed by atoms with van der Waals surface area (Å²) < 4.78 is 3.70. The molecule has 0 unspecified atom stereocenters. The highest BCUT2D eigenvalue weighted by Crippen LogP contribution is 2.06. The maximum atomic E-state index is 12.0. The van der Waals surface area contributed by atoms with Gasteiger partial charge in [0, 0.05) is 24.9 Å². The van der Waals surface area contributed by atoms with Crippen molar-refractivity contribution in [3.63, 3.8) is 0 Å². The van der Waals surface area contributed by atoms with Gasteiger partial charge in [0.1, 0.15) is 0 Å². The summed E-state index contributed by atoms with van der Waals surface area (Å²) in [6.07, 6.45) is 5.78. The number of aryl methyl sites for hydroxylation is 1. The maximum Gasteiger partial charge on any atom is 0.258 e. The number of rotatable bonds is 2. The van der Waals surface area contributed by atoms with Gasteiger partial charge < -0.3 is 21.5 Å². The van der Waals surface area contributed by atoms with E-state index in [1.165, 1.54) is 5.56 Å². The van der Waals surface area contributed by atoms with Crippen LogP contribution in [-0.4, -0.2) is 4.57 Å². The van der Waals surface area contributed by atoms with Crippen molar-refractivity contribution < 1.29 is 21.5 Å². The second-order valence-corrected chi connectivity index (χ2v) is 4.70. The second kappa shape index (κ2) is 6.01. The first-order valence-electron chi connectivity index (χ1n) is 6.26. The quantitative estimate of drug-likeness (QED) is 0.546.